The number of amides is 2. The molecule has 0 saturated heterocycles. The molecule has 2 amide bonds. The van der Waals surface area contributed by atoms with Gasteiger partial charge < -0.3 is 20.3 Å². The van der Waals surface area contributed by atoms with Gasteiger partial charge in [0.1, 0.15) is 23.8 Å². The summed E-state index contributed by atoms with van der Waals surface area (Å²) in [6.07, 6.45) is 0.226. The Labute approximate surface area is 195 Å². The van der Waals surface area contributed by atoms with Gasteiger partial charge in [0, 0.05) is 48.9 Å². The number of hydrogen-bond donors (Lipinski definition) is 2. The highest BCUT2D eigenvalue weighted by atomic mass is 19.1. The molecule has 2 aliphatic rings. The van der Waals surface area contributed by atoms with Gasteiger partial charge in [0.2, 0.25) is 11.8 Å². The van der Waals surface area contributed by atoms with Crippen LogP contribution in [0.4, 0.5) is 8.78 Å². The predicted molar refractivity (Wildman–Crippen MR) is 121 cm³/mol. The average Bonchev–Trinajstić information content (AvgIpc) is 3.46. The lowest BCUT2D eigenvalue weighted by molar-refractivity contribution is -0.120. The Hall–Kier alpha value is -3.82. The van der Waals surface area contributed by atoms with Crippen molar-refractivity contribution in [2.75, 3.05) is 13.1 Å². The molecule has 2 N–H and O–H groups in total. The van der Waals surface area contributed by atoms with Gasteiger partial charge >= 0.3 is 0 Å². The zero-order chi connectivity index (χ0) is 24.2. The molecule has 2 aliphatic heterocycles. The van der Waals surface area contributed by atoms with Gasteiger partial charge in [0.15, 0.2) is 0 Å². The fourth-order valence-electron chi connectivity index (χ4n) is 3.76. The van der Waals surface area contributed by atoms with Crippen LogP contribution in [0.1, 0.15) is 37.8 Å². The maximum atomic E-state index is 14.9. The van der Waals surface area contributed by atoms with E-state index in [4.69, 9.17) is 9.68 Å². The minimum absolute atomic E-state index is 0.121. The number of rotatable bonds is 7. The first-order valence-corrected chi connectivity index (χ1v) is 10.8. The molecule has 2 atom stereocenters. The molecular weight excluding hydrogens is 446 g/mol. The summed E-state index contributed by atoms with van der Waals surface area (Å²) in [5.74, 6) is -1.51. The largest absolute Gasteiger partial charge is 0.390 e. The van der Waals surface area contributed by atoms with Gasteiger partial charge in [0.25, 0.3) is 0 Å². The van der Waals surface area contributed by atoms with E-state index in [0.717, 1.165) is 0 Å². The number of carbonyl (C=O) groups excluding carboxylic acids is 2. The fourth-order valence-corrected chi connectivity index (χ4v) is 3.76. The van der Waals surface area contributed by atoms with Crippen LogP contribution < -0.4 is 10.6 Å². The smallest absolute Gasteiger partial charge is 0.217 e. The quantitative estimate of drug-likeness (QED) is 0.650. The van der Waals surface area contributed by atoms with Crippen molar-refractivity contribution in [1.82, 2.24) is 10.6 Å². The summed E-state index contributed by atoms with van der Waals surface area (Å²) in [5.41, 5.74) is 2.43. The highest BCUT2D eigenvalue weighted by Crippen LogP contribution is 2.29. The Morgan fingerprint density at radius 3 is 1.59 bits per heavy atom. The molecule has 0 fully saturated rings. The molecular formula is C24H24F2N4O4. The van der Waals surface area contributed by atoms with Crippen LogP contribution in [-0.4, -0.2) is 48.5 Å². The van der Waals surface area contributed by atoms with Crippen LogP contribution in [-0.2, 0) is 19.3 Å². The molecule has 0 spiro atoms. The van der Waals surface area contributed by atoms with Gasteiger partial charge in [-0.2, -0.15) is 0 Å². The van der Waals surface area contributed by atoms with Crippen molar-refractivity contribution in [2.24, 2.45) is 10.3 Å². The van der Waals surface area contributed by atoms with E-state index >= 15 is 0 Å². The number of nitrogens with zero attached hydrogens (tertiary/aromatic N) is 2. The van der Waals surface area contributed by atoms with E-state index in [1.54, 1.807) is 12.1 Å². The number of halogens is 2. The monoisotopic (exact) mass is 470 g/mol. The second-order valence-electron chi connectivity index (χ2n) is 8.20. The van der Waals surface area contributed by atoms with E-state index in [0.29, 0.717) is 48.5 Å². The second-order valence-corrected chi connectivity index (χ2v) is 8.20. The van der Waals surface area contributed by atoms with Gasteiger partial charge in [-0.3, -0.25) is 9.59 Å². The van der Waals surface area contributed by atoms with Crippen LogP contribution in [0.5, 0.6) is 0 Å². The number of oxime groups is 2. The molecule has 0 bridgehead atoms. The molecule has 0 aliphatic carbocycles. The third-order valence-corrected chi connectivity index (χ3v) is 5.52. The summed E-state index contributed by atoms with van der Waals surface area (Å²) in [4.78, 5) is 32.7. The van der Waals surface area contributed by atoms with Gasteiger partial charge in [-0.1, -0.05) is 34.6 Å². The number of benzene rings is 2. The Balaban J connectivity index is 1.44. The summed E-state index contributed by atoms with van der Waals surface area (Å²) >= 11 is 0. The molecule has 0 saturated carbocycles. The number of nitrogens with one attached hydrogen (secondary N) is 2. The van der Waals surface area contributed by atoms with Crippen LogP contribution in [0.15, 0.2) is 46.7 Å². The minimum Gasteiger partial charge on any atom is -0.390 e. The zero-order valence-corrected chi connectivity index (χ0v) is 18.7. The van der Waals surface area contributed by atoms with Crippen LogP contribution in [0, 0.1) is 11.6 Å². The topological polar surface area (TPSA) is 101 Å². The SMILES string of the molecule is CC(=O)NCC1CC(c2ccc(-c3ccc(C4=NOC(CNC(C)=O)C4)cc3F)c(F)c2)=NO1. The first-order valence-electron chi connectivity index (χ1n) is 10.8. The Bertz CT molecular complexity index is 1090. The first kappa shape index (κ1) is 23.3. The van der Waals surface area contributed by atoms with Crippen LogP contribution in [0.2, 0.25) is 0 Å². The first-order chi connectivity index (χ1) is 16.3. The van der Waals surface area contributed by atoms with Crippen molar-refractivity contribution in [3.63, 3.8) is 0 Å². The molecule has 2 aromatic carbocycles. The fraction of sp³-hybridized carbons (Fsp3) is 0.333. The molecule has 2 aromatic rings. The van der Waals surface area contributed by atoms with Gasteiger partial charge in [-0.25, -0.2) is 8.78 Å². The van der Waals surface area contributed by atoms with E-state index in [9.17, 15) is 18.4 Å². The van der Waals surface area contributed by atoms with Crippen molar-refractivity contribution in [2.45, 2.75) is 38.9 Å². The maximum absolute atomic E-state index is 14.9. The van der Waals surface area contributed by atoms with Gasteiger partial charge in [0.05, 0.1) is 24.5 Å². The van der Waals surface area contributed by atoms with Crippen molar-refractivity contribution in [3.05, 3.63) is 59.2 Å². The van der Waals surface area contributed by atoms with Crippen LogP contribution >= 0.6 is 0 Å². The lowest BCUT2D eigenvalue weighted by Gasteiger charge is -2.10. The van der Waals surface area contributed by atoms with E-state index in [1.165, 1.54) is 38.1 Å². The molecule has 4 rings (SSSR count). The molecule has 10 heteroatoms. The summed E-state index contributed by atoms with van der Waals surface area (Å²) in [5, 5.41) is 13.3. The van der Waals surface area contributed by atoms with Gasteiger partial charge in [-0.05, 0) is 12.1 Å². The lowest BCUT2D eigenvalue weighted by atomic mass is 9.97. The summed E-state index contributed by atoms with van der Waals surface area (Å²) in [6.45, 7) is 3.45. The van der Waals surface area contributed by atoms with Crippen molar-refractivity contribution >= 4 is 23.2 Å². The van der Waals surface area contributed by atoms with Crippen molar-refractivity contribution in [1.29, 1.82) is 0 Å². The van der Waals surface area contributed by atoms with Crippen molar-refractivity contribution < 1.29 is 28.0 Å². The molecule has 34 heavy (non-hydrogen) atoms. The molecule has 2 heterocycles. The standard InChI is InChI=1S/C24H24F2N4O4/c1-13(31)27-11-17-9-23(29-33-17)15-3-5-19(21(25)7-15)20-6-4-16(8-22(20)26)24-10-18(34-30-24)12-28-14(2)32/h3-8,17-18H,9-12H2,1-2H3,(H,27,31)(H,28,32). The second kappa shape index (κ2) is 9.98. The van der Waals surface area contributed by atoms with E-state index in [-0.39, 0.29) is 35.1 Å². The van der Waals surface area contributed by atoms with E-state index < -0.39 is 11.6 Å². The highest BCUT2D eigenvalue weighted by molar-refractivity contribution is 6.02. The summed E-state index contributed by atoms with van der Waals surface area (Å²) < 4.78 is 29.9. The molecule has 8 nitrogen and oxygen atoms in total. The van der Waals surface area contributed by atoms with Crippen LogP contribution in [0.25, 0.3) is 11.1 Å². The molecule has 178 valence electrons. The molecule has 0 aromatic heterocycles. The molecule has 2 unspecified atom stereocenters. The third-order valence-electron chi connectivity index (χ3n) is 5.52. The predicted octanol–water partition coefficient (Wildman–Crippen LogP) is 2.89. The lowest BCUT2D eigenvalue weighted by Crippen LogP contribution is -2.30. The number of carbonyl (C=O) groups is 2. The summed E-state index contributed by atoms with van der Waals surface area (Å²) in [7, 11) is 0. The third kappa shape index (κ3) is 5.38. The molecule has 0 radical (unpaired) electrons. The minimum atomic E-state index is -0.589. The van der Waals surface area contributed by atoms with E-state index in [2.05, 4.69) is 20.9 Å². The van der Waals surface area contributed by atoms with Crippen molar-refractivity contribution in [3.8, 4) is 11.1 Å². The average molecular weight is 470 g/mol. The highest BCUT2D eigenvalue weighted by Gasteiger charge is 2.25. The maximum Gasteiger partial charge on any atom is 0.217 e. The Morgan fingerprint density at radius 2 is 1.24 bits per heavy atom. The van der Waals surface area contributed by atoms with Gasteiger partial charge in [-0.15, -0.1) is 0 Å². The van der Waals surface area contributed by atoms with E-state index in [1.807, 2.05) is 0 Å². The number of hydrogen-bond acceptors (Lipinski definition) is 6. The Morgan fingerprint density at radius 1 is 0.824 bits per heavy atom. The summed E-state index contributed by atoms with van der Waals surface area (Å²) in [6, 6.07) is 8.94. The zero-order valence-electron chi connectivity index (χ0n) is 18.7. The Kier molecular flexibility index (Phi) is 6.85. The van der Waals surface area contributed by atoms with Crippen LogP contribution in [0.3, 0.4) is 0 Å². The normalized spacial score (nSPS) is 19.1.